The second kappa shape index (κ2) is 10.3. The molecule has 2 aromatic carbocycles. The molecule has 1 saturated heterocycles. The van der Waals surface area contributed by atoms with Gasteiger partial charge in [0.1, 0.15) is 10.3 Å². The van der Waals surface area contributed by atoms with Gasteiger partial charge < -0.3 is 10.2 Å². The predicted molar refractivity (Wildman–Crippen MR) is 128 cm³/mol. The Hall–Kier alpha value is -3.01. The fraction of sp³-hybridized carbons (Fsp3) is 0.250. The Morgan fingerprint density at radius 2 is 1.52 bits per heavy atom. The zero-order chi connectivity index (χ0) is 23.3. The van der Waals surface area contributed by atoms with Gasteiger partial charge in [-0.25, -0.2) is 8.42 Å². The minimum Gasteiger partial charge on any atom is -0.340 e. The van der Waals surface area contributed by atoms with Crippen molar-refractivity contribution in [3.8, 4) is 0 Å². The van der Waals surface area contributed by atoms with E-state index in [1.165, 1.54) is 15.6 Å². The molecular weight excluding hydrogens is 458 g/mol. The van der Waals surface area contributed by atoms with Crippen LogP contribution < -0.4 is 5.32 Å². The van der Waals surface area contributed by atoms with Crippen LogP contribution in [0.1, 0.15) is 15.9 Å². The van der Waals surface area contributed by atoms with Gasteiger partial charge in [0.15, 0.2) is 0 Å². The first-order valence-electron chi connectivity index (χ1n) is 10.7. The summed E-state index contributed by atoms with van der Waals surface area (Å²) in [7, 11) is -3.55. The quantitative estimate of drug-likeness (QED) is 0.560. The van der Waals surface area contributed by atoms with Gasteiger partial charge in [-0.05, 0) is 29.1 Å². The summed E-state index contributed by atoms with van der Waals surface area (Å²) in [6, 6.07) is 20.8. The molecule has 0 radical (unpaired) electrons. The van der Waals surface area contributed by atoms with E-state index < -0.39 is 16.1 Å². The number of rotatable bonds is 7. The lowest BCUT2D eigenvalue weighted by atomic mass is 10.0. The van der Waals surface area contributed by atoms with Gasteiger partial charge in [0.2, 0.25) is 5.91 Å². The van der Waals surface area contributed by atoms with Crippen molar-refractivity contribution in [1.29, 1.82) is 0 Å². The molecule has 0 spiro atoms. The maximum atomic E-state index is 13.4. The molecule has 9 heteroatoms. The van der Waals surface area contributed by atoms with E-state index in [2.05, 4.69) is 5.32 Å². The summed E-state index contributed by atoms with van der Waals surface area (Å²) in [6.07, 6.45) is 0.353. The van der Waals surface area contributed by atoms with Crippen molar-refractivity contribution in [2.24, 2.45) is 0 Å². The van der Waals surface area contributed by atoms with Crippen molar-refractivity contribution >= 4 is 33.2 Å². The Bertz CT molecular complexity index is 1170. The lowest BCUT2D eigenvalue weighted by Crippen LogP contribution is -2.56. The van der Waals surface area contributed by atoms with E-state index in [1.807, 2.05) is 36.4 Å². The molecule has 0 saturated carbocycles. The largest absolute Gasteiger partial charge is 0.340 e. The van der Waals surface area contributed by atoms with E-state index >= 15 is 0 Å². The lowest BCUT2D eigenvalue weighted by Gasteiger charge is -2.35. The molecule has 3 aromatic rings. The molecule has 4 rings (SSSR count). The Morgan fingerprint density at radius 1 is 0.879 bits per heavy atom. The molecule has 0 bridgehead atoms. The highest BCUT2D eigenvalue weighted by molar-refractivity contribution is 7.91. The number of hydrogen-bond acceptors (Lipinski definition) is 5. The smallest absolute Gasteiger partial charge is 0.252 e. The van der Waals surface area contributed by atoms with Gasteiger partial charge in [-0.15, -0.1) is 11.3 Å². The molecule has 2 heterocycles. The molecule has 0 unspecified atom stereocenters. The molecule has 2 amide bonds. The van der Waals surface area contributed by atoms with Gasteiger partial charge in [-0.3, -0.25) is 9.59 Å². The van der Waals surface area contributed by atoms with Gasteiger partial charge in [0.25, 0.3) is 15.9 Å². The number of piperazine rings is 1. The minimum atomic E-state index is -3.55. The molecule has 1 atom stereocenters. The van der Waals surface area contributed by atoms with Crippen LogP contribution in [0.25, 0.3) is 0 Å². The molecule has 1 fully saturated rings. The highest BCUT2D eigenvalue weighted by Gasteiger charge is 2.33. The third kappa shape index (κ3) is 5.50. The minimum absolute atomic E-state index is 0.212. The van der Waals surface area contributed by atoms with Gasteiger partial charge in [0.05, 0.1) is 0 Å². The van der Waals surface area contributed by atoms with Crippen LogP contribution >= 0.6 is 11.3 Å². The standard InChI is InChI=1S/C24H25N3O4S2/c28-23(20-10-5-2-6-11-20)25-21(18-19-8-3-1-4-9-19)24(29)26-13-15-27(16-14-26)33(30,31)22-12-7-17-32-22/h1-12,17,21H,13-16,18H2,(H,25,28)/t21-/m0/s1. The summed E-state index contributed by atoms with van der Waals surface area (Å²) in [5, 5.41) is 4.61. The van der Waals surface area contributed by atoms with E-state index in [-0.39, 0.29) is 38.0 Å². The second-order valence-corrected chi connectivity index (χ2v) is 10.9. The molecular formula is C24H25N3O4S2. The summed E-state index contributed by atoms with van der Waals surface area (Å²) in [6.45, 7) is 0.985. The number of amides is 2. The molecule has 0 aliphatic carbocycles. The van der Waals surface area contributed by atoms with Crippen molar-refractivity contribution in [2.45, 2.75) is 16.7 Å². The summed E-state index contributed by atoms with van der Waals surface area (Å²) in [4.78, 5) is 27.8. The number of carbonyl (C=O) groups excluding carboxylic acids is 2. The zero-order valence-electron chi connectivity index (χ0n) is 18.0. The van der Waals surface area contributed by atoms with Crippen LogP contribution in [0.3, 0.4) is 0 Å². The number of carbonyl (C=O) groups is 2. The maximum Gasteiger partial charge on any atom is 0.252 e. The molecule has 1 aliphatic heterocycles. The average molecular weight is 484 g/mol. The number of nitrogens with one attached hydrogen (secondary N) is 1. The third-order valence-electron chi connectivity index (χ3n) is 5.56. The van der Waals surface area contributed by atoms with Crippen LogP contribution in [-0.4, -0.2) is 61.7 Å². The highest BCUT2D eigenvalue weighted by atomic mass is 32.2. The van der Waals surface area contributed by atoms with Gasteiger partial charge >= 0.3 is 0 Å². The summed E-state index contributed by atoms with van der Waals surface area (Å²) >= 11 is 1.18. The number of hydrogen-bond donors (Lipinski definition) is 1. The summed E-state index contributed by atoms with van der Waals surface area (Å²) in [5.41, 5.74) is 1.42. The number of benzene rings is 2. The van der Waals surface area contributed by atoms with Crippen molar-refractivity contribution in [1.82, 2.24) is 14.5 Å². The van der Waals surface area contributed by atoms with Crippen LogP contribution in [0, 0.1) is 0 Å². The summed E-state index contributed by atoms with van der Waals surface area (Å²) < 4.78 is 27.3. The Labute approximate surface area is 197 Å². The Kier molecular flexibility index (Phi) is 7.22. The van der Waals surface area contributed by atoms with E-state index in [0.29, 0.717) is 16.2 Å². The first-order chi connectivity index (χ1) is 15.9. The van der Waals surface area contributed by atoms with Crippen molar-refractivity contribution in [3.63, 3.8) is 0 Å². The van der Waals surface area contributed by atoms with E-state index in [9.17, 15) is 18.0 Å². The number of thiophene rings is 1. The van der Waals surface area contributed by atoms with E-state index in [4.69, 9.17) is 0 Å². The highest BCUT2D eigenvalue weighted by Crippen LogP contribution is 2.22. The maximum absolute atomic E-state index is 13.4. The first-order valence-corrected chi connectivity index (χ1v) is 13.0. The lowest BCUT2D eigenvalue weighted by molar-refractivity contribution is -0.134. The number of sulfonamides is 1. The van der Waals surface area contributed by atoms with Crippen LogP contribution in [0.4, 0.5) is 0 Å². The zero-order valence-corrected chi connectivity index (χ0v) is 19.6. The van der Waals surface area contributed by atoms with Crippen molar-refractivity contribution in [3.05, 3.63) is 89.3 Å². The normalized spacial score (nSPS) is 15.7. The van der Waals surface area contributed by atoms with Crippen LogP contribution in [0.5, 0.6) is 0 Å². The van der Waals surface area contributed by atoms with Gasteiger partial charge in [0, 0.05) is 38.2 Å². The SMILES string of the molecule is O=C(N[C@@H](Cc1ccccc1)C(=O)N1CCN(S(=O)(=O)c2cccs2)CC1)c1ccccc1. The van der Waals surface area contributed by atoms with Crippen LogP contribution in [-0.2, 0) is 21.2 Å². The molecule has 1 aliphatic rings. The summed E-state index contributed by atoms with van der Waals surface area (Å²) in [5.74, 6) is -0.528. The third-order valence-corrected chi connectivity index (χ3v) is 8.83. The molecule has 33 heavy (non-hydrogen) atoms. The molecule has 172 valence electrons. The fourth-order valence-electron chi connectivity index (χ4n) is 3.79. The van der Waals surface area contributed by atoms with Crippen LogP contribution in [0.15, 0.2) is 82.4 Å². The molecule has 1 aromatic heterocycles. The van der Waals surface area contributed by atoms with E-state index in [1.54, 1.807) is 46.7 Å². The van der Waals surface area contributed by atoms with Crippen molar-refractivity contribution in [2.75, 3.05) is 26.2 Å². The Balaban J connectivity index is 1.46. The van der Waals surface area contributed by atoms with E-state index in [0.717, 1.165) is 5.56 Å². The monoisotopic (exact) mass is 483 g/mol. The van der Waals surface area contributed by atoms with Gasteiger partial charge in [-0.1, -0.05) is 54.6 Å². The first kappa shape index (κ1) is 23.2. The molecule has 1 N–H and O–H groups in total. The predicted octanol–water partition coefficient (Wildman–Crippen LogP) is 2.62. The second-order valence-electron chi connectivity index (χ2n) is 7.74. The van der Waals surface area contributed by atoms with Gasteiger partial charge in [-0.2, -0.15) is 4.31 Å². The molecule has 7 nitrogen and oxygen atoms in total. The average Bonchev–Trinajstić information content (AvgIpc) is 3.40. The fourth-order valence-corrected chi connectivity index (χ4v) is 6.35. The van der Waals surface area contributed by atoms with Crippen LogP contribution in [0.2, 0.25) is 0 Å². The Morgan fingerprint density at radius 3 is 2.12 bits per heavy atom. The topological polar surface area (TPSA) is 86.8 Å². The number of nitrogens with zero attached hydrogens (tertiary/aromatic N) is 2. The van der Waals surface area contributed by atoms with Crippen molar-refractivity contribution < 1.29 is 18.0 Å².